The van der Waals surface area contributed by atoms with Gasteiger partial charge in [0.15, 0.2) is 0 Å². The molecule has 0 aromatic carbocycles. The second-order valence-electron chi connectivity index (χ2n) is 4.98. The lowest BCUT2D eigenvalue weighted by Gasteiger charge is -2.45. The average molecular weight is 232 g/mol. The number of Topliss-reactive ketones (excluding diaryl/α,β-unsaturated/α-hetero) is 1. The summed E-state index contributed by atoms with van der Waals surface area (Å²) in [7, 11) is 0. The summed E-state index contributed by atoms with van der Waals surface area (Å²) in [5.41, 5.74) is -1.03. The summed E-state index contributed by atoms with van der Waals surface area (Å²) < 4.78 is 25.9. The molecule has 3 nitrogen and oxygen atoms in total. The second kappa shape index (κ2) is 3.50. The van der Waals surface area contributed by atoms with Gasteiger partial charge < -0.3 is 5.11 Å². The predicted molar refractivity (Wildman–Crippen MR) is 51.2 cm³/mol. The van der Waals surface area contributed by atoms with Crippen molar-refractivity contribution in [2.24, 2.45) is 11.3 Å². The van der Waals surface area contributed by atoms with Gasteiger partial charge in [-0.2, -0.15) is 0 Å². The number of alkyl halides is 2. The topological polar surface area (TPSA) is 54.4 Å². The lowest BCUT2D eigenvalue weighted by molar-refractivity contribution is -0.170. The first-order valence-electron chi connectivity index (χ1n) is 5.49. The largest absolute Gasteiger partial charge is 0.481 e. The monoisotopic (exact) mass is 232 g/mol. The number of hydrogen-bond acceptors (Lipinski definition) is 2. The van der Waals surface area contributed by atoms with Crippen LogP contribution in [0.1, 0.15) is 38.5 Å². The van der Waals surface area contributed by atoms with Crippen LogP contribution in [0, 0.1) is 11.3 Å². The molecule has 0 radical (unpaired) electrons. The van der Waals surface area contributed by atoms with E-state index in [1.54, 1.807) is 0 Å². The second-order valence-corrected chi connectivity index (χ2v) is 4.98. The normalized spacial score (nSPS) is 28.5. The first-order valence-corrected chi connectivity index (χ1v) is 5.49. The summed E-state index contributed by atoms with van der Waals surface area (Å²) in [5, 5.41) is 9.14. The van der Waals surface area contributed by atoms with E-state index in [0.717, 1.165) is 0 Å². The van der Waals surface area contributed by atoms with Gasteiger partial charge >= 0.3 is 5.97 Å². The molecule has 0 aromatic heterocycles. The first kappa shape index (κ1) is 11.5. The number of aliphatic carboxylic acids is 1. The van der Waals surface area contributed by atoms with Crippen LogP contribution in [-0.2, 0) is 9.59 Å². The molecule has 0 atom stereocenters. The molecular formula is C11H14F2O3. The van der Waals surface area contributed by atoms with Crippen LogP contribution in [0.4, 0.5) is 8.78 Å². The van der Waals surface area contributed by atoms with E-state index in [1.807, 2.05) is 0 Å². The van der Waals surface area contributed by atoms with E-state index >= 15 is 0 Å². The van der Waals surface area contributed by atoms with Crippen LogP contribution in [-0.4, -0.2) is 22.8 Å². The molecule has 0 bridgehead atoms. The molecule has 0 saturated heterocycles. The number of carboxylic acid groups (broad SMARTS) is 1. The molecule has 0 unspecified atom stereocenters. The van der Waals surface area contributed by atoms with Gasteiger partial charge in [0.25, 0.3) is 0 Å². The molecule has 2 aliphatic carbocycles. The zero-order valence-electron chi connectivity index (χ0n) is 8.84. The Morgan fingerprint density at radius 3 is 2.12 bits per heavy atom. The molecular weight excluding hydrogens is 218 g/mol. The van der Waals surface area contributed by atoms with E-state index in [-0.39, 0.29) is 50.2 Å². The minimum atomic E-state index is -2.65. The molecule has 2 saturated carbocycles. The Bertz CT molecular complexity index is 320. The molecule has 1 N–H and O–H groups in total. The van der Waals surface area contributed by atoms with Gasteiger partial charge in [-0.15, -0.1) is 0 Å². The van der Waals surface area contributed by atoms with Gasteiger partial charge in [-0.25, -0.2) is 8.78 Å². The Balaban J connectivity index is 2.07. The van der Waals surface area contributed by atoms with Crippen molar-refractivity contribution in [3.63, 3.8) is 0 Å². The molecule has 2 aliphatic rings. The molecule has 0 spiro atoms. The van der Waals surface area contributed by atoms with Crippen LogP contribution >= 0.6 is 0 Å². The molecule has 0 aromatic rings. The van der Waals surface area contributed by atoms with Gasteiger partial charge in [0, 0.05) is 25.7 Å². The van der Waals surface area contributed by atoms with E-state index < -0.39 is 17.3 Å². The van der Waals surface area contributed by atoms with Gasteiger partial charge in [-0.1, -0.05) is 0 Å². The van der Waals surface area contributed by atoms with Gasteiger partial charge in [-0.3, -0.25) is 9.59 Å². The summed E-state index contributed by atoms with van der Waals surface area (Å²) >= 11 is 0. The zero-order chi connectivity index (χ0) is 12.0. The molecule has 0 heterocycles. The van der Waals surface area contributed by atoms with Crippen molar-refractivity contribution in [2.45, 2.75) is 44.4 Å². The van der Waals surface area contributed by atoms with E-state index in [9.17, 15) is 18.4 Å². The Hall–Kier alpha value is -1.00. The van der Waals surface area contributed by atoms with Crippen LogP contribution < -0.4 is 0 Å². The summed E-state index contributed by atoms with van der Waals surface area (Å²) in [5.74, 6) is -3.98. The maximum absolute atomic E-state index is 13.0. The highest BCUT2D eigenvalue weighted by Gasteiger charge is 2.56. The third kappa shape index (κ3) is 1.72. The van der Waals surface area contributed by atoms with Crippen LogP contribution in [0.2, 0.25) is 0 Å². The standard InChI is InChI=1S/C11H14F2O3/c12-11(13)3-1-7(2-4-11)10(9(15)16)5-8(14)6-10/h7H,1-6H2,(H,15,16). The molecule has 2 rings (SSSR count). The van der Waals surface area contributed by atoms with E-state index in [4.69, 9.17) is 5.11 Å². The summed E-state index contributed by atoms with van der Waals surface area (Å²) in [6, 6.07) is 0. The van der Waals surface area contributed by atoms with Crippen LogP contribution in [0.5, 0.6) is 0 Å². The third-order valence-electron chi connectivity index (χ3n) is 3.95. The van der Waals surface area contributed by atoms with E-state index in [2.05, 4.69) is 0 Å². The van der Waals surface area contributed by atoms with E-state index in [1.165, 1.54) is 0 Å². The summed E-state index contributed by atoms with van der Waals surface area (Å²) in [4.78, 5) is 22.1. The van der Waals surface area contributed by atoms with Crippen LogP contribution in [0.25, 0.3) is 0 Å². The average Bonchev–Trinajstić information content (AvgIpc) is 2.12. The van der Waals surface area contributed by atoms with Gasteiger partial charge in [0.05, 0.1) is 5.41 Å². The number of rotatable bonds is 2. The molecule has 0 amide bonds. The molecule has 0 aliphatic heterocycles. The summed E-state index contributed by atoms with van der Waals surface area (Å²) in [6.07, 6.45) is -0.0158. The van der Waals surface area contributed by atoms with Gasteiger partial charge in [0.2, 0.25) is 5.92 Å². The van der Waals surface area contributed by atoms with Crippen molar-refractivity contribution in [2.75, 3.05) is 0 Å². The minimum absolute atomic E-state index is 0.0264. The number of carbonyl (C=O) groups is 2. The number of carbonyl (C=O) groups excluding carboxylic acids is 1. The van der Waals surface area contributed by atoms with Crippen molar-refractivity contribution in [3.8, 4) is 0 Å². The quantitative estimate of drug-likeness (QED) is 0.794. The summed E-state index contributed by atoms with van der Waals surface area (Å²) in [6.45, 7) is 0. The van der Waals surface area contributed by atoms with E-state index in [0.29, 0.717) is 0 Å². The lowest BCUT2D eigenvalue weighted by atomic mass is 9.57. The molecule has 90 valence electrons. The van der Waals surface area contributed by atoms with Gasteiger partial charge in [0.1, 0.15) is 5.78 Å². The van der Waals surface area contributed by atoms with Crippen molar-refractivity contribution in [1.82, 2.24) is 0 Å². The number of ketones is 1. The highest BCUT2D eigenvalue weighted by molar-refractivity contribution is 5.97. The van der Waals surface area contributed by atoms with Crippen molar-refractivity contribution < 1.29 is 23.5 Å². The predicted octanol–water partition coefficient (Wildman–Crippen LogP) is 2.25. The molecule has 2 fully saturated rings. The fourth-order valence-electron chi connectivity index (χ4n) is 2.86. The van der Waals surface area contributed by atoms with Crippen LogP contribution in [0.15, 0.2) is 0 Å². The van der Waals surface area contributed by atoms with Gasteiger partial charge in [-0.05, 0) is 18.8 Å². The number of hydrogen-bond donors (Lipinski definition) is 1. The lowest BCUT2D eigenvalue weighted by Crippen LogP contribution is -2.51. The van der Waals surface area contributed by atoms with Crippen molar-refractivity contribution in [1.29, 1.82) is 0 Å². The Morgan fingerprint density at radius 2 is 1.75 bits per heavy atom. The Morgan fingerprint density at radius 1 is 1.25 bits per heavy atom. The Labute approximate surface area is 91.8 Å². The molecule has 5 heteroatoms. The van der Waals surface area contributed by atoms with Crippen molar-refractivity contribution in [3.05, 3.63) is 0 Å². The first-order chi connectivity index (χ1) is 7.36. The highest BCUT2D eigenvalue weighted by atomic mass is 19.3. The maximum atomic E-state index is 13.0. The third-order valence-corrected chi connectivity index (χ3v) is 3.95. The van der Waals surface area contributed by atoms with Crippen molar-refractivity contribution >= 4 is 11.8 Å². The fraction of sp³-hybridized carbons (Fsp3) is 0.818. The van der Waals surface area contributed by atoms with Crippen LogP contribution in [0.3, 0.4) is 0 Å². The SMILES string of the molecule is O=C1CC(C(=O)O)(C2CCC(F)(F)CC2)C1. The zero-order valence-corrected chi connectivity index (χ0v) is 8.84. The molecule has 16 heavy (non-hydrogen) atoms. The number of carboxylic acids is 1. The number of halogens is 2. The highest BCUT2D eigenvalue weighted by Crippen LogP contribution is 2.52. The fourth-order valence-corrected chi connectivity index (χ4v) is 2.86. The smallest absolute Gasteiger partial charge is 0.310 e. The minimum Gasteiger partial charge on any atom is -0.481 e. The maximum Gasteiger partial charge on any atom is 0.310 e. The Kier molecular flexibility index (Phi) is 2.51.